The quantitative estimate of drug-likeness (QED) is 0.726. The van der Waals surface area contributed by atoms with Gasteiger partial charge < -0.3 is 9.73 Å². The molecule has 4 rings (SSSR count). The Morgan fingerprint density at radius 1 is 1.00 bits per heavy atom. The van der Waals surface area contributed by atoms with Crippen LogP contribution in [-0.4, -0.2) is 28.9 Å². The summed E-state index contributed by atoms with van der Waals surface area (Å²) in [5, 5.41) is 3.10. The fourth-order valence-corrected chi connectivity index (χ4v) is 3.51. The second-order valence-electron chi connectivity index (χ2n) is 6.85. The lowest BCUT2D eigenvalue weighted by atomic mass is 9.99. The maximum Gasteiger partial charge on any atom is 0.287 e. The molecule has 27 heavy (non-hydrogen) atoms. The molecule has 0 unspecified atom stereocenters. The van der Waals surface area contributed by atoms with Crippen molar-refractivity contribution in [2.75, 3.05) is 13.1 Å². The number of aromatic nitrogens is 1. The van der Waals surface area contributed by atoms with Crippen LogP contribution in [-0.2, 0) is 6.54 Å². The summed E-state index contributed by atoms with van der Waals surface area (Å²) in [6, 6.07) is 17.1. The number of amides is 1. The van der Waals surface area contributed by atoms with Crippen LogP contribution in [0.4, 0.5) is 0 Å². The Balaban J connectivity index is 1.51. The molecule has 0 aliphatic carbocycles. The van der Waals surface area contributed by atoms with E-state index in [1.165, 1.54) is 12.8 Å². The van der Waals surface area contributed by atoms with Crippen molar-refractivity contribution >= 4 is 5.91 Å². The number of carbonyl (C=O) groups excluding carboxylic acids is 1. The summed E-state index contributed by atoms with van der Waals surface area (Å²) >= 11 is 0. The predicted octanol–water partition coefficient (Wildman–Crippen LogP) is 3.79. The van der Waals surface area contributed by atoms with Gasteiger partial charge in [0.25, 0.3) is 5.91 Å². The van der Waals surface area contributed by atoms with Crippen molar-refractivity contribution in [3.05, 3.63) is 89.6 Å². The van der Waals surface area contributed by atoms with E-state index >= 15 is 0 Å². The summed E-state index contributed by atoms with van der Waals surface area (Å²) in [4.78, 5) is 19.2. The lowest BCUT2D eigenvalue weighted by Gasteiger charge is -2.19. The number of benzene rings is 1. The molecule has 1 amide bonds. The van der Waals surface area contributed by atoms with Gasteiger partial charge in [0.1, 0.15) is 5.76 Å². The number of rotatable bonds is 6. The van der Waals surface area contributed by atoms with Crippen LogP contribution in [0.2, 0.25) is 0 Å². The number of pyridine rings is 1. The highest BCUT2D eigenvalue weighted by molar-refractivity contribution is 5.92. The van der Waals surface area contributed by atoms with Crippen LogP contribution in [0, 0.1) is 0 Å². The molecule has 3 heterocycles. The maximum absolute atomic E-state index is 12.8. The molecule has 1 atom stereocenters. The Kier molecular flexibility index (Phi) is 5.30. The zero-order chi connectivity index (χ0) is 18.5. The van der Waals surface area contributed by atoms with Crippen molar-refractivity contribution in [1.29, 1.82) is 0 Å². The molecular formula is C22H23N3O2. The highest BCUT2D eigenvalue weighted by Gasteiger charge is 2.21. The first-order valence-corrected chi connectivity index (χ1v) is 9.36. The van der Waals surface area contributed by atoms with E-state index in [0.717, 1.165) is 36.5 Å². The van der Waals surface area contributed by atoms with Gasteiger partial charge in [-0.15, -0.1) is 0 Å². The fourth-order valence-electron chi connectivity index (χ4n) is 3.51. The predicted molar refractivity (Wildman–Crippen MR) is 103 cm³/mol. The van der Waals surface area contributed by atoms with Crippen molar-refractivity contribution in [2.45, 2.75) is 25.4 Å². The van der Waals surface area contributed by atoms with E-state index in [1.54, 1.807) is 18.5 Å². The van der Waals surface area contributed by atoms with Gasteiger partial charge in [-0.1, -0.05) is 30.3 Å². The summed E-state index contributed by atoms with van der Waals surface area (Å²) in [5.74, 6) is 0.967. The number of likely N-dealkylation sites (tertiary alicyclic amines) is 1. The number of carbonyl (C=O) groups is 1. The zero-order valence-corrected chi connectivity index (χ0v) is 15.2. The second-order valence-corrected chi connectivity index (χ2v) is 6.85. The molecule has 0 saturated carbocycles. The Morgan fingerprint density at radius 3 is 2.44 bits per heavy atom. The standard InChI is InChI=1S/C22H23N3O2/c26-22(20-9-8-19(27-20)16-25-14-4-5-15-25)24-21(17-6-2-1-3-7-17)18-10-12-23-13-11-18/h1-3,6-13,21H,4-5,14-16H2,(H,24,26)/t21-/m1/s1. The summed E-state index contributed by atoms with van der Waals surface area (Å²) in [6.45, 7) is 2.96. The third-order valence-electron chi connectivity index (χ3n) is 4.91. The minimum atomic E-state index is -0.256. The molecule has 138 valence electrons. The van der Waals surface area contributed by atoms with Gasteiger partial charge in [-0.05, 0) is 61.3 Å². The van der Waals surface area contributed by atoms with Crippen LogP contribution in [0.25, 0.3) is 0 Å². The number of nitrogens with zero attached hydrogens (tertiary/aromatic N) is 2. The number of furan rings is 1. The van der Waals surface area contributed by atoms with Crippen LogP contribution in [0.1, 0.15) is 46.3 Å². The fraction of sp³-hybridized carbons (Fsp3) is 0.273. The van der Waals surface area contributed by atoms with Crippen molar-refractivity contribution in [2.24, 2.45) is 0 Å². The van der Waals surface area contributed by atoms with Crippen molar-refractivity contribution < 1.29 is 9.21 Å². The van der Waals surface area contributed by atoms with E-state index in [1.807, 2.05) is 48.5 Å². The first-order chi connectivity index (χ1) is 13.3. The minimum absolute atomic E-state index is 0.215. The first-order valence-electron chi connectivity index (χ1n) is 9.36. The van der Waals surface area contributed by atoms with Gasteiger partial charge in [-0.2, -0.15) is 0 Å². The van der Waals surface area contributed by atoms with Crippen LogP contribution in [0.3, 0.4) is 0 Å². The maximum atomic E-state index is 12.8. The summed E-state index contributed by atoms with van der Waals surface area (Å²) in [6.07, 6.45) is 5.94. The van der Waals surface area contributed by atoms with Gasteiger partial charge in [-0.3, -0.25) is 14.7 Å². The molecule has 5 nitrogen and oxygen atoms in total. The molecule has 1 aliphatic heterocycles. The van der Waals surface area contributed by atoms with Gasteiger partial charge >= 0.3 is 0 Å². The molecule has 1 N–H and O–H groups in total. The van der Waals surface area contributed by atoms with Crippen molar-refractivity contribution in [3.8, 4) is 0 Å². The molecule has 0 radical (unpaired) electrons. The monoisotopic (exact) mass is 361 g/mol. The molecule has 1 aromatic carbocycles. The Morgan fingerprint density at radius 2 is 1.70 bits per heavy atom. The van der Waals surface area contributed by atoms with Crippen molar-refractivity contribution in [1.82, 2.24) is 15.2 Å². The molecular weight excluding hydrogens is 338 g/mol. The second kappa shape index (κ2) is 8.18. The normalized spacial score (nSPS) is 15.6. The van der Waals surface area contributed by atoms with Crippen LogP contribution < -0.4 is 5.32 Å². The summed E-state index contributed by atoms with van der Waals surface area (Å²) < 4.78 is 5.81. The summed E-state index contributed by atoms with van der Waals surface area (Å²) in [7, 11) is 0. The lowest BCUT2D eigenvalue weighted by molar-refractivity contribution is 0.0911. The molecule has 0 bridgehead atoms. The van der Waals surface area contributed by atoms with E-state index in [2.05, 4.69) is 15.2 Å². The highest BCUT2D eigenvalue weighted by atomic mass is 16.4. The average Bonchev–Trinajstić information content (AvgIpc) is 3.40. The van der Waals surface area contributed by atoms with Gasteiger partial charge in [0.2, 0.25) is 0 Å². The van der Waals surface area contributed by atoms with Gasteiger partial charge in [0, 0.05) is 12.4 Å². The third-order valence-corrected chi connectivity index (χ3v) is 4.91. The van der Waals surface area contributed by atoms with Gasteiger partial charge in [-0.25, -0.2) is 0 Å². The van der Waals surface area contributed by atoms with Crippen LogP contribution >= 0.6 is 0 Å². The molecule has 1 saturated heterocycles. The smallest absolute Gasteiger partial charge is 0.287 e. The SMILES string of the molecule is O=C(N[C@H](c1ccccc1)c1ccncc1)c1ccc(CN2CCCC2)o1. The van der Waals surface area contributed by atoms with E-state index in [-0.39, 0.29) is 11.9 Å². The lowest BCUT2D eigenvalue weighted by Crippen LogP contribution is -2.29. The summed E-state index contributed by atoms with van der Waals surface area (Å²) in [5.41, 5.74) is 1.99. The number of hydrogen-bond donors (Lipinski definition) is 1. The van der Waals surface area contributed by atoms with E-state index in [9.17, 15) is 4.79 Å². The highest BCUT2D eigenvalue weighted by Crippen LogP contribution is 2.22. The molecule has 2 aromatic heterocycles. The number of nitrogens with one attached hydrogen (secondary N) is 1. The van der Waals surface area contributed by atoms with Crippen molar-refractivity contribution in [3.63, 3.8) is 0 Å². The Bertz CT molecular complexity index is 831. The van der Waals surface area contributed by atoms with Gasteiger partial charge in [0.15, 0.2) is 5.76 Å². The van der Waals surface area contributed by atoms with E-state index < -0.39 is 0 Å². The average molecular weight is 361 g/mol. The molecule has 5 heteroatoms. The Labute approximate surface area is 159 Å². The molecule has 1 aliphatic rings. The van der Waals surface area contributed by atoms with Crippen LogP contribution in [0.15, 0.2) is 71.4 Å². The third kappa shape index (κ3) is 4.26. The topological polar surface area (TPSA) is 58.4 Å². The molecule has 3 aromatic rings. The molecule has 1 fully saturated rings. The van der Waals surface area contributed by atoms with Gasteiger partial charge in [0.05, 0.1) is 12.6 Å². The van der Waals surface area contributed by atoms with Crippen LogP contribution in [0.5, 0.6) is 0 Å². The first kappa shape index (κ1) is 17.5. The largest absolute Gasteiger partial charge is 0.455 e. The van der Waals surface area contributed by atoms with E-state index in [4.69, 9.17) is 4.42 Å². The Hall–Kier alpha value is -2.92. The zero-order valence-electron chi connectivity index (χ0n) is 15.2. The molecule has 0 spiro atoms. The number of hydrogen-bond acceptors (Lipinski definition) is 4. The van der Waals surface area contributed by atoms with E-state index in [0.29, 0.717) is 5.76 Å². The minimum Gasteiger partial charge on any atom is -0.455 e.